The lowest BCUT2D eigenvalue weighted by Gasteiger charge is -2.41. The molecule has 1 aromatic carbocycles. The highest BCUT2D eigenvalue weighted by Crippen LogP contribution is 2.50. The highest BCUT2D eigenvalue weighted by atomic mass is 35.5. The van der Waals surface area contributed by atoms with E-state index in [9.17, 15) is 49.2 Å². The van der Waals surface area contributed by atoms with Crippen molar-refractivity contribution >= 4 is 98.5 Å². The molecule has 3 aliphatic heterocycles. The number of fused-ring (bicyclic) bond motifs is 1. The number of urea groups is 1. The van der Waals surface area contributed by atoms with Gasteiger partial charge in [0, 0.05) is 12.1 Å². The van der Waals surface area contributed by atoms with Crippen LogP contribution in [0.2, 0.25) is 9.36 Å². The quantitative estimate of drug-likeness (QED) is 0.0676. The van der Waals surface area contributed by atoms with Crippen molar-refractivity contribution in [2.24, 2.45) is 16.0 Å². The molecule has 9 N–H and O–H groups in total. The van der Waals surface area contributed by atoms with Gasteiger partial charge in [0.15, 0.2) is 28.1 Å². The van der Waals surface area contributed by atoms with E-state index in [1.165, 1.54) is 0 Å². The fourth-order valence-corrected chi connectivity index (χ4v) is 7.73. The molecule has 3 atom stereocenters. The van der Waals surface area contributed by atoms with Crippen molar-refractivity contribution in [3.63, 3.8) is 0 Å². The van der Waals surface area contributed by atoms with Crippen molar-refractivity contribution in [2.75, 3.05) is 25.4 Å². The highest BCUT2D eigenvalue weighted by molar-refractivity contribution is 8.02. The topological polar surface area (TPSA) is 304 Å². The van der Waals surface area contributed by atoms with Crippen LogP contribution in [0, 0.1) is 0 Å². The first-order valence-electron chi connectivity index (χ1n) is 13.9. The second-order valence-electron chi connectivity index (χ2n) is 11.2. The molecule has 0 saturated carbocycles. The molecule has 3 aliphatic rings. The molecule has 5 amide bonds. The summed E-state index contributed by atoms with van der Waals surface area (Å²) in [4.78, 5) is 85.8. The van der Waals surface area contributed by atoms with Crippen molar-refractivity contribution in [3.8, 4) is 11.5 Å². The van der Waals surface area contributed by atoms with Crippen molar-refractivity contribution < 1.29 is 54.0 Å². The molecular weight excluding hydrogens is 749 g/mol. The summed E-state index contributed by atoms with van der Waals surface area (Å²) in [6.07, 6.45) is 0. The van der Waals surface area contributed by atoms with E-state index in [2.05, 4.69) is 20.6 Å². The number of phenols is 2. The monoisotopic (exact) mass is 773 g/mol. The molecule has 0 spiro atoms. The number of nitrogens with one attached hydrogen (secondary N) is 1. The second kappa shape index (κ2) is 13.0. The number of rotatable bonds is 11. The number of anilines is 1. The number of nitrogens with two attached hydrogens (primary N) is 2. The maximum absolute atomic E-state index is 13.6. The molecule has 0 bridgehead atoms. The molecule has 3 saturated heterocycles. The third-order valence-electron chi connectivity index (χ3n) is 7.61. The summed E-state index contributed by atoms with van der Waals surface area (Å²) in [6.45, 7) is 1.33. The zero-order valence-corrected chi connectivity index (χ0v) is 28.6. The first-order valence-corrected chi connectivity index (χ1v) is 16.4. The Morgan fingerprint density at radius 3 is 2.40 bits per heavy atom. The smallest absolute Gasteiger partial charge is 0.350 e. The number of carboxylic acid groups (broad SMARTS) is 2. The van der Waals surface area contributed by atoms with Crippen molar-refractivity contribution in [2.45, 2.75) is 35.7 Å². The van der Waals surface area contributed by atoms with E-state index in [0.29, 0.717) is 11.8 Å². The summed E-state index contributed by atoms with van der Waals surface area (Å²) in [6, 6.07) is -0.198. The van der Waals surface area contributed by atoms with E-state index in [1.54, 1.807) is 0 Å². The number of carboxylic acids is 2. The number of benzene rings is 1. The maximum atomic E-state index is 13.6. The van der Waals surface area contributed by atoms with Gasteiger partial charge in [-0.2, -0.15) is 5.10 Å². The fraction of sp³-hybridized carbons (Fsp3) is 0.346. The van der Waals surface area contributed by atoms with Gasteiger partial charge < -0.3 is 46.9 Å². The second-order valence-corrected chi connectivity index (χ2v) is 14.6. The predicted octanol–water partition coefficient (Wildman–Crippen LogP) is -0.165. The Morgan fingerprint density at radius 2 is 1.82 bits per heavy atom. The van der Waals surface area contributed by atoms with Gasteiger partial charge in [-0.05, 0) is 26.0 Å². The van der Waals surface area contributed by atoms with E-state index in [4.69, 9.17) is 39.5 Å². The number of nitrogen functional groups attached to an aromatic ring is 1. The van der Waals surface area contributed by atoms with Gasteiger partial charge in [0.2, 0.25) is 16.4 Å². The largest absolute Gasteiger partial charge is 0.504 e. The minimum Gasteiger partial charge on any atom is -0.504 e. The van der Waals surface area contributed by atoms with E-state index in [-0.39, 0.29) is 33.8 Å². The summed E-state index contributed by atoms with van der Waals surface area (Å²) >= 11 is 13.7. The van der Waals surface area contributed by atoms with Crippen LogP contribution in [0.15, 0.2) is 22.4 Å². The number of β-lactam (4-membered cyclic amide) rings is 1. The van der Waals surface area contributed by atoms with E-state index < -0.39 is 92.1 Å². The first kappa shape index (κ1) is 36.2. The van der Waals surface area contributed by atoms with Gasteiger partial charge in [0.05, 0.1) is 18.1 Å². The SMILES string of the molecule is CC(C)(O/N=C(\C(=O)NC1C(=O)N2C[C@@](C(=O)O)(N3CCN(/N=C(\C(N)=O)c4ccc(O)c(O)c4Cl)C3=O)S[C@H]12)c1nc(N)sc1Cl)C(=O)O. The Labute approximate surface area is 298 Å². The number of nitrogens with zero attached hydrogens (tertiary/aromatic N) is 6. The van der Waals surface area contributed by atoms with Gasteiger partial charge in [0.25, 0.3) is 11.8 Å². The van der Waals surface area contributed by atoms with Crippen molar-refractivity contribution in [1.29, 1.82) is 0 Å². The van der Waals surface area contributed by atoms with Crippen molar-refractivity contribution in [1.82, 2.24) is 25.1 Å². The number of phenolic OH excluding ortho intramolecular Hbond substituents is 2. The van der Waals surface area contributed by atoms with Crippen LogP contribution in [0.1, 0.15) is 25.1 Å². The normalized spacial score (nSPS) is 22.4. The molecule has 0 aliphatic carbocycles. The molecule has 24 heteroatoms. The molecule has 5 rings (SSSR count). The summed E-state index contributed by atoms with van der Waals surface area (Å²) in [5.74, 6) is -7.26. The maximum Gasteiger partial charge on any atom is 0.350 e. The third kappa shape index (κ3) is 6.14. The Morgan fingerprint density at radius 1 is 1.14 bits per heavy atom. The van der Waals surface area contributed by atoms with Gasteiger partial charge in [-0.25, -0.2) is 24.4 Å². The lowest BCUT2D eigenvalue weighted by atomic mass is 10.1. The Hall–Kier alpha value is -5.06. The fourth-order valence-electron chi connectivity index (χ4n) is 4.92. The van der Waals surface area contributed by atoms with Crippen LogP contribution in [-0.2, 0) is 28.8 Å². The first-order chi connectivity index (χ1) is 23.3. The number of halogens is 2. The van der Waals surface area contributed by atoms with Crippen LogP contribution in [0.4, 0.5) is 9.93 Å². The van der Waals surface area contributed by atoms with Crippen LogP contribution in [0.3, 0.4) is 0 Å². The number of hydrogen-bond donors (Lipinski definition) is 7. The van der Waals surface area contributed by atoms with Crippen LogP contribution in [0.5, 0.6) is 11.5 Å². The number of carbonyl (C=O) groups excluding carboxylic acids is 4. The number of hydrazone groups is 1. The average molecular weight is 775 g/mol. The van der Waals surface area contributed by atoms with E-state index >= 15 is 0 Å². The number of aromatic hydroxyl groups is 2. The molecule has 2 aromatic rings. The molecule has 1 aromatic heterocycles. The lowest BCUT2D eigenvalue weighted by Crippen LogP contribution is -2.68. The van der Waals surface area contributed by atoms with E-state index in [0.717, 1.165) is 52.1 Å². The highest BCUT2D eigenvalue weighted by Gasteiger charge is 2.66. The Kier molecular flexibility index (Phi) is 9.42. The number of aliphatic carboxylic acids is 2. The third-order valence-corrected chi connectivity index (χ3v) is 10.8. The van der Waals surface area contributed by atoms with Crippen LogP contribution >= 0.6 is 46.3 Å². The van der Waals surface area contributed by atoms with Gasteiger partial charge in [0.1, 0.15) is 21.4 Å². The summed E-state index contributed by atoms with van der Waals surface area (Å²) < 4.78 is -0.0986. The number of primary amides is 1. The van der Waals surface area contributed by atoms with Gasteiger partial charge >= 0.3 is 18.0 Å². The van der Waals surface area contributed by atoms with Crippen LogP contribution in [-0.4, -0.2) is 129 Å². The van der Waals surface area contributed by atoms with Crippen LogP contribution in [0.25, 0.3) is 0 Å². The predicted molar refractivity (Wildman–Crippen MR) is 176 cm³/mol. The van der Waals surface area contributed by atoms with E-state index in [1.807, 2.05) is 0 Å². The number of aromatic nitrogens is 1. The molecule has 1 unspecified atom stereocenters. The summed E-state index contributed by atoms with van der Waals surface area (Å²) in [5.41, 5.74) is 7.56. The number of thioether (sulfide) groups is 1. The molecule has 3 fully saturated rings. The minimum atomic E-state index is -2.08. The molecule has 20 nitrogen and oxygen atoms in total. The number of amides is 5. The number of hydrogen-bond acceptors (Lipinski definition) is 15. The van der Waals surface area contributed by atoms with Crippen molar-refractivity contribution in [3.05, 3.63) is 32.7 Å². The molecule has 0 radical (unpaired) electrons. The minimum absolute atomic E-state index is 0.0626. The molecule has 50 heavy (non-hydrogen) atoms. The van der Waals surface area contributed by atoms with Gasteiger partial charge in [-0.15, -0.1) is 0 Å². The number of oxime groups is 1. The molecule has 4 heterocycles. The lowest BCUT2D eigenvalue weighted by molar-refractivity contribution is -0.161. The number of carbonyl (C=O) groups is 6. The summed E-state index contributed by atoms with van der Waals surface area (Å²) in [5, 5.41) is 48.7. The van der Waals surface area contributed by atoms with Gasteiger partial charge in [-0.3, -0.25) is 19.3 Å². The van der Waals surface area contributed by atoms with Crippen LogP contribution < -0.4 is 16.8 Å². The molecular formula is C26H25Cl2N9O11S2. The zero-order valence-electron chi connectivity index (χ0n) is 25.5. The standard InChI is InChI=1S/C26H25Cl2N9O11S2/c1-25(2,21(43)44)48-34-13(12-16(28)49-23(30)32-12)18(41)31-14-19(42)35-7-26(22(45)46,50-20(14)35)36-5-6-37(24(36)47)33-11(17(29)40)8-3-4-9(38)15(39)10(8)27/h3-4,14,20,38-39H,5-7H2,1-2H3,(H2,29,40)(H2,30,32)(H,31,41)(H,43,44)(H,45,46)/b33-11-,34-13-/t14?,20-,26-/m1/s1. The number of thiazole rings is 1. The Balaban J connectivity index is 1.39. The Bertz CT molecular complexity index is 1920. The zero-order chi connectivity index (χ0) is 37.0. The summed E-state index contributed by atoms with van der Waals surface area (Å²) in [7, 11) is 0. The molecule has 266 valence electrons. The average Bonchev–Trinajstić information content (AvgIpc) is 3.70. The van der Waals surface area contributed by atoms with Gasteiger partial charge in [-0.1, -0.05) is 51.5 Å².